The molecule has 21 heteroatoms. The topological polar surface area (TPSA) is 214 Å². The maximum atomic E-state index is 14.5. The van der Waals surface area contributed by atoms with Crippen LogP contribution in [-0.2, 0) is 24.7 Å². The monoisotopic (exact) mass is 753 g/mol. The molecule has 0 radical (unpaired) electrons. The highest BCUT2D eigenvalue weighted by molar-refractivity contribution is 5.88. The van der Waals surface area contributed by atoms with E-state index in [1.165, 1.54) is 12.1 Å². The first kappa shape index (κ1) is 40.4. The van der Waals surface area contributed by atoms with Crippen LogP contribution in [0.3, 0.4) is 0 Å². The van der Waals surface area contributed by atoms with Crippen LogP contribution >= 0.6 is 0 Å². The molecule has 3 aromatic carbocycles. The van der Waals surface area contributed by atoms with Crippen LogP contribution in [0.1, 0.15) is 72.3 Å². The second-order valence-electron chi connectivity index (χ2n) is 10.0. The molecule has 0 unspecified atom stereocenters. The lowest BCUT2D eigenvalue weighted by Crippen LogP contribution is -2.28. The molecule has 3 aromatic rings. The van der Waals surface area contributed by atoms with E-state index in [1.807, 2.05) is 0 Å². The first-order chi connectivity index (χ1) is 25.0. The van der Waals surface area contributed by atoms with Gasteiger partial charge in [-0.2, -0.15) is 100 Å². The summed E-state index contributed by atoms with van der Waals surface area (Å²) in [7, 11) is 0. The number of rotatable bonds is 2. The Morgan fingerprint density at radius 1 is 0.389 bits per heavy atom. The molecule has 0 fully saturated rings. The van der Waals surface area contributed by atoms with E-state index in [0.29, 0.717) is 12.1 Å². The van der Waals surface area contributed by atoms with E-state index in [-0.39, 0.29) is 18.2 Å². The molecule has 0 N–H and O–H groups in total. The molecule has 0 atom stereocenters. The zero-order chi connectivity index (χ0) is 41.3. The maximum absolute atomic E-state index is 14.5. The third-order valence-electron chi connectivity index (χ3n) is 7.21. The SMILES string of the molecule is N#C/C(c1c(C#N)cc(C(F)(F)F)c(C#N)c1C(F)(F)F)=c1/cc(C#N)/c(=C(\C#N)c2c(C#N)cc(C(F)(F)F)c(C#N)c2C(F)(F)F)c(C#N)c1C#N. The Morgan fingerprint density at radius 3 is 1.02 bits per heavy atom. The third kappa shape index (κ3) is 6.71. The summed E-state index contributed by atoms with van der Waals surface area (Å²) in [6, 6.07) is 8.69. The summed E-state index contributed by atoms with van der Waals surface area (Å²) in [5.41, 5.74) is -28.3. The van der Waals surface area contributed by atoms with E-state index in [0.717, 1.165) is 30.3 Å². The van der Waals surface area contributed by atoms with E-state index in [2.05, 4.69) is 0 Å². The van der Waals surface area contributed by atoms with Gasteiger partial charge >= 0.3 is 24.7 Å². The number of hydrogen-bond donors (Lipinski definition) is 0. The molecule has 0 spiro atoms. The molecule has 0 aliphatic rings. The first-order valence-corrected chi connectivity index (χ1v) is 13.3. The molecular formula is C33H3F12N9. The van der Waals surface area contributed by atoms with Crippen LogP contribution in [0.4, 0.5) is 52.7 Å². The van der Waals surface area contributed by atoms with Crippen LogP contribution in [0.25, 0.3) is 11.1 Å². The average molecular weight is 753 g/mol. The van der Waals surface area contributed by atoms with Crippen molar-refractivity contribution in [3.8, 4) is 54.6 Å². The normalized spacial score (nSPS) is 12.5. The zero-order valence-electron chi connectivity index (χ0n) is 25.3. The van der Waals surface area contributed by atoms with Crippen molar-refractivity contribution in [3.05, 3.63) is 101 Å². The van der Waals surface area contributed by atoms with Crippen molar-refractivity contribution >= 4 is 11.1 Å². The number of halogens is 12. The average Bonchev–Trinajstić information content (AvgIpc) is 3.08. The molecule has 0 amide bonds. The Labute approximate surface area is 291 Å². The van der Waals surface area contributed by atoms with Gasteiger partial charge in [-0.3, -0.25) is 0 Å². The molecular weight excluding hydrogens is 750 g/mol. The second-order valence-corrected chi connectivity index (χ2v) is 10.0. The summed E-state index contributed by atoms with van der Waals surface area (Å²) >= 11 is 0. The predicted octanol–water partition coefficient (Wildman–Crippen LogP) is 6.31. The molecule has 264 valence electrons. The summed E-state index contributed by atoms with van der Waals surface area (Å²) < 4.78 is 169. The number of nitrogens with zero attached hydrogens (tertiary/aromatic N) is 9. The van der Waals surface area contributed by atoms with Gasteiger partial charge in [-0.05, 0) is 18.2 Å². The molecule has 54 heavy (non-hydrogen) atoms. The molecule has 0 aromatic heterocycles. The van der Waals surface area contributed by atoms with Gasteiger partial charge < -0.3 is 0 Å². The fourth-order valence-corrected chi connectivity index (χ4v) is 5.25. The molecule has 3 rings (SSSR count). The summed E-state index contributed by atoms with van der Waals surface area (Å²) in [6.07, 6.45) is -23.5. The van der Waals surface area contributed by atoms with Gasteiger partial charge in [-0.1, -0.05) is 0 Å². The number of hydrogen-bond acceptors (Lipinski definition) is 9. The standard InChI is InChI=1S/C33H3F12N9/c34-30(35,36)23-2-14(5-47)26(28(20(23)10-52)32(40,41)42)18(8-50)16-1-13(4-46)25(19(9-51)17(16)7-49)22(12-54)27-15(6-48)3-24(31(37,38)39)21(11-53)29(27)33(43,44)45/h1-3H/b18-16+,25-22-. The van der Waals surface area contributed by atoms with E-state index in [9.17, 15) is 100 Å². The van der Waals surface area contributed by atoms with E-state index in [1.54, 1.807) is 0 Å². The molecule has 0 aliphatic heterocycles. The van der Waals surface area contributed by atoms with Crippen molar-refractivity contribution < 1.29 is 52.7 Å². The summed E-state index contributed by atoms with van der Waals surface area (Å²) in [6.45, 7) is 0. The van der Waals surface area contributed by atoms with Crippen molar-refractivity contribution in [1.82, 2.24) is 0 Å². The van der Waals surface area contributed by atoms with Gasteiger partial charge in [0.25, 0.3) is 0 Å². The van der Waals surface area contributed by atoms with Gasteiger partial charge in [0.1, 0.15) is 36.4 Å². The van der Waals surface area contributed by atoms with Crippen molar-refractivity contribution in [2.45, 2.75) is 24.7 Å². The van der Waals surface area contributed by atoms with Gasteiger partial charge in [0.2, 0.25) is 0 Å². The van der Waals surface area contributed by atoms with Gasteiger partial charge in [0, 0.05) is 21.6 Å². The van der Waals surface area contributed by atoms with Crippen molar-refractivity contribution in [3.63, 3.8) is 0 Å². The minimum absolute atomic E-state index is 0.185. The highest BCUT2D eigenvalue weighted by atomic mass is 19.4. The lowest BCUT2D eigenvalue weighted by Gasteiger charge is -2.20. The fourth-order valence-electron chi connectivity index (χ4n) is 5.25. The second kappa shape index (κ2) is 13.9. The van der Waals surface area contributed by atoms with Crippen molar-refractivity contribution in [2.75, 3.05) is 0 Å². The van der Waals surface area contributed by atoms with Gasteiger partial charge in [-0.25, -0.2) is 0 Å². The molecule has 0 aliphatic carbocycles. The third-order valence-corrected chi connectivity index (χ3v) is 7.21. The van der Waals surface area contributed by atoms with Gasteiger partial charge in [0.15, 0.2) is 0 Å². The van der Waals surface area contributed by atoms with Crippen LogP contribution in [0.5, 0.6) is 0 Å². The summed E-state index contributed by atoms with van der Waals surface area (Å²) in [4.78, 5) is 0. The first-order valence-electron chi connectivity index (χ1n) is 13.3. The highest BCUT2D eigenvalue weighted by Crippen LogP contribution is 2.45. The quantitative estimate of drug-likeness (QED) is 0.268. The maximum Gasteiger partial charge on any atom is 0.418 e. The lowest BCUT2D eigenvalue weighted by atomic mass is 9.83. The highest BCUT2D eigenvalue weighted by Gasteiger charge is 2.47. The number of benzene rings is 3. The number of alkyl halides is 12. The molecule has 0 heterocycles. The molecule has 0 saturated carbocycles. The van der Waals surface area contributed by atoms with Crippen LogP contribution in [0.15, 0.2) is 18.2 Å². The summed E-state index contributed by atoms with van der Waals surface area (Å²) in [5, 5.41) is 85.5. The Kier molecular flexibility index (Phi) is 10.4. The zero-order valence-corrected chi connectivity index (χ0v) is 25.3. The Bertz CT molecular complexity index is 2710. The molecule has 0 saturated heterocycles. The summed E-state index contributed by atoms with van der Waals surface area (Å²) in [5.74, 6) is 0. The molecule has 9 nitrogen and oxygen atoms in total. The largest absolute Gasteiger partial charge is 0.418 e. The predicted molar refractivity (Wildman–Crippen MR) is 148 cm³/mol. The smallest absolute Gasteiger partial charge is 0.192 e. The fraction of sp³-hybridized carbons (Fsp3) is 0.121. The molecule has 0 bridgehead atoms. The van der Waals surface area contributed by atoms with Crippen LogP contribution in [0.2, 0.25) is 0 Å². The number of nitriles is 9. The van der Waals surface area contributed by atoms with Crippen molar-refractivity contribution in [1.29, 1.82) is 47.4 Å². The van der Waals surface area contributed by atoms with Crippen LogP contribution < -0.4 is 10.4 Å². The van der Waals surface area contributed by atoms with E-state index in [4.69, 9.17) is 0 Å². The lowest BCUT2D eigenvalue weighted by molar-refractivity contribution is -0.145. The Balaban J connectivity index is 2.98. The van der Waals surface area contributed by atoms with Crippen molar-refractivity contribution in [2.24, 2.45) is 0 Å². The van der Waals surface area contributed by atoms with E-state index < -0.39 is 119 Å². The Hall–Kier alpha value is -8.03. The van der Waals surface area contributed by atoms with Gasteiger partial charge in [-0.15, -0.1) is 0 Å². The minimum Gasteiger partial charge on any atom is -0.192 e. The van der Waals surface area contributed by atoms with Crippen LogP contribution in [0, 0.1) is 102 Å². The van der Waals surface area contributed by atoms with Crippen LogP contribution in [-0.4, -0.2) is 0 Å². The van der Waals surface area contributed by atoms with Gasteiger partial charge in [0.05, 0.1) is 90.6 Å². The minimum atomic E-state index is -6.02. The Morgan fingerprint density at radius 2 is 0.741 bits per heavy atom. The van der Waals surface area contributed by atoms with E-state index >= 15 is 0 Å².